The molecule has 34 heavy (non-hydrogen) atoms. The predicted molar refractivity (Wildman–Crippen MR) is 134 cm³/mol. The number of ether oxygens (including phenoxy) is 2. The van der Waals surface area contributed by atoms with E-state index in [-0.39, 0.29) is 23.8 Å². The molecular formula is C25H38F2N3O3P. The number of likely N-dealkylation sites (tertiary alicyclic amines) is 1. The van der Waals surface area contributed by atoms with Gasteiger partial charge in [-0.25, -0.2) is 4.79 Å². The summed E-state index contributed by atoms with van der Waals surface area (Å²) in [5, 5.41) is 4.85. The van der Waals surface area contributed by atoms with Crippen LogP contribution in [0.2, 0.25) is 0 Å². The van der Waals surface area contributed by atoms with Gasteiger partial charge in [0.1, 0.15) is 11.4 Å². The Bertz CT molecular complexity index is 926. The lowest BCUT2D eigenvalue weighted by Gasteiger charge is -2.34. The minimum Gasteiger partial charge on any atom is -0.444 e. The minimum absolute atomic E-state index is 0.0896. The second kappa shape index (κ2) is 11.5. The van der Waals surface area contributed by atoms with Crippen molar-refractivity contribution in [3.05, 3.63) is 36.0 Å². The largest absolute Gasteiger partial charge is 0.444 e. The second-order valence-electron chi connectivity index (χ2n) is 9.44. The van der Waals surface area contributed by atoms with Crippen LogP contribution in [0.15, 0.2) is 30.3 Å². The van der Waals surface area contributed by atoms with Crippen molar-refractivity contribution in [1.29, 1.82) is 0 Å². The van der Waals surface area contributed by atoms with Gasteiger partial charge in [-0.15, -0.1) is 0 Å². The Morgan fingerprint density at radius 1 is 1.12 bits per heavy atom. The van der Waals surface area contributed by atoms with E-state index in [1.807, 2.05) is 40.7 Å². The van der Waals surface area contributed by atoms with Crippen LogP contribution in [-0.4, -0.2) is 45.3 Å². The SMILES string of the molecule is CC.CC(C)c1cc(-c2ccc(OC(F)(F)P)cc2)nn1C1CCN(C(=O)OC(C)(C)C)CC1. The molecule has 1 aromatic heterocycles. The summed E-state index contributed by atoms with van der Waals surface area (Å²) in [7, 11) is 1.36. The van der Waals surface area contributed by atoms with Crippen molar-refractivity contribution in [2.75, 3.05) is 13.1 Å². The number of benzene rings is 1. The first-order valence-electron chi connectivity index (χ1n) is 11.9. The Hall–Kier alpha value is -2.21. The van der Waals surface area contributed by atoms with Crippen LogP contribution in [0, 0.1) is 0 Å². The highest BCUT2D eigenvalue weighted by Crippen LogP contribution is 2.33. The van der Waals surface area contributed by atoms with E-state index in [0.717, 1.165) is 29.8 Å². The topological polar surface area (TPSA) is 56.6 Å². The Labute approximate surface area is 204 Å². The smallest absolute Gasteiger partial charge is 0.410 e. The van der Waals surface area contributed by atoms with Crippen LogP contribution in [0.25, 0.3) is 11.3 Å². The van der Waals surface area contributed by atoms with Crippen LogP contribution in [0.5, 0.6) is 5.75 Å². The van der Waals surface area contributed by atoms with Crippen molar-refractivity contribution in [1.82, 2.24) is 14.7 Å². The molecule has 1 atom stereocenters. The van der Waals surface area contributed by atoms with Gasteiger partial charge in [-0.05, 0) is 79.1 Å². The maximum atomic E-state index is 13.0. The third-order valence-corrected chi connectivity index (χ3v) is 5.34. The summed E-state index contributed by atoms with van der Waals surface area (Å²) >= 11 is 0. The number of hydrogen-bond acceptors (Lipinski definition) is 4. The zero-order chi connectivity index (χ0) is 25.7. The molecule has 1 unspecified atom stereocenters. The van der Waals surface area contributed by atoms with Crippen LogP contribution >= 0.6 is 9.24 Å². The molecule has 6 nitrogen and oxygen atoms in total. The van der Waals surface area contributed by atoms with E-state index in [2.05, 4.69) is 23.3 Å². The van der Waals surface area contributed by atoms with Gasteiger partial charge < -0.3 is 14.4 Å². The Balaban J connectivity index is 0.00000199. The molecule has 190 valence electrons. The molecule has 0 aliphatic carbocycles. The van der Waals surface area contributed by atoms with Gasteiger partial charge in [0.2, 0.25) is 0 Å². The number of aromatic nitrogens is 2. The van der Waals surface area contributed by atoms with Crippen molar-refractivity contribution in [2.24, 2.45) is 0 Å². The lowest BCUT2D eigenvalue weighted by Crippen LogP contribution is -2.42. The van der Waals surface area contributed by atoms with Gasteiger partial charge >= 0.3 is 11.9 Å². The normalized spacial score (nSPS) is 15.1. The summed E-state index contributed by atoms with van der Waals surface area (Å²) in [5.74, 6) is -2.95. The summed E-state index contributed by atoms with van der Waals surface area (Å²) in [6.07, 6.45) is 1.30. The van der Waals surface area contributed by atoms with Gasteiger partial charge in [0, 0.05) is 24.3 Å². The molecule has 2 heterocycles. The third kappa shape index (κ3) is 7.93. The molecule has 0 saturated carbocycles. The summed E-state index contributed by atoms with van der Waals surface area (Å²) in [5.41, 5.74) is 2.21. The van der Waals surface area contributed by atoms with Crippen LogP contribution in [0.1, 0.15) is 79.0 Å². The van der Waals surface area contributed by atoms with E-state index in [9.17, 15) is 13.6 Å². The standard InChI is InChI=1S/C23H32F2N3O3P.C2H6/c1-15(2)20-14-19(16-6-8-18(9-7-16)30-23(24,25)32)26-28(20)17-10-12-27(13-11-17)21(29)31-22(3,4)5;1-2/h6-9,14-15,17H,10-13,32H2,1-5H3;1-2H3. The molecule has 1 aliphatic rings. The molecule has 9 heteroatoms. The summed E-state index contributed by atoms with van der Waals surface area (Å²) < 4.78 is 38.2. The van der Waals surface area contributed by atoms with Gasteiger partial charge in [0.05, 0.1) is 11.7 Å². The number of carbonyl (C=O) groups excluding carboxylic acids is 1. The molecule has 1 amide bonds. The second-order valence-corrected chi connectivity index (χ2v) is 10.1. The van der Waals surface area contributed by atoms with Crippen LogP contribution < -0.4 is 4.74 Å². The minimum atomic E-state index is -3.30. The van der Waals surface area contributed by atoms with E-state index in [1.54, 1.807) is 17.0 Å². The molecule has 1 fully saturated rings. The molecule has 0 N–H and O–H groups in total. The monoisotopic (exact) mass is 497 g/mol. The zero-order valence-corrected chi connectivity index (χ0v) is 22.4. The molecule has 0 spiro atoms. The van der Waals surface area contributed by atoms with Gasteiger partial charge in [-0.3, -0.25) is 4.68 Å². The molecule has 0 radical (unpaired) electrons. The number of amides is 1. The number of piperidine rings is 1. The number of nitrogens with zero attached hydrogens (tertiary/aromatic N) is 3. The molecule has 2 aromatic rings. The molecule has 1 aliphatic heterocycles. The molecular weight excluding hydrogens is 459 g/mol. The molecule has 3 rings (SSSR count). The first kappa shape index (κ1) is 28.0. The van der Waals surface area contributed by atoms with Crippen molar-refractivity contribution in [3.63, 3.8) is 0 Å². The van der Waals surface area contributed by atoms with Gasteiger partial charge in [0.25, 0.3) is 0 Å². The number of hydrogen-bond donors (Lipinski definition) is 0. The number of halogens is 2. The first-order chi connectivity index (χ1) is 15.8. The van der Waals surface area contributed by atoms with E-state index in [4.69, 9.17) is 9.84 Å². The average molecular weight is 498 g/mol. The predicted octanol–water partition coefficient (Wildman–Crippen LogP) is 7.08. The van der Waals surface area contributed by atoms with Crippen LogP contribution in [0.4, 0.5) is 13.6 Å². The van der Waals surface area contributed by atoms with Crippen molar-refractivity contribution < 1.29 is 23.0 Å². The number of carbonyl (C=O) groups is 1. The lowest BCUT2D eigenvalue weighted by molar-refractivity contribution is -0.0892. The Morgan fingerprint density at radius 2 is 1.68 bits per heavy atom. The molecule has 1 aromatic carbocycles. The summed E-state index contributed by atoms with van der Waals surface area (Å²) in [4.78, 5) is 14.1. The molecule has 1 saturated heterocycles. The van der Waals surface area contributed by atoms with Crippen LogP contribution in [0.3, 0.4) is 0 Å². The van der Waals surface area contributed by atoms with Crippen molar-refractivity contribution in [2.45, 2.75) is 84.7 Å². The fourth-order valence-corrected chi connectivity index (χ4v) is 3.88. The highest BCUT2D eigenvalue weighted by atomic mass is 31.0. The van der Waals surface area contributed by atoms with Gasteiger partial charge in [-0.2, -0.15) is 13.9 Å². The van der Waals surface area contributed by atoms with Gasteiger partial charge in [-0.1, -0.05) is 27.7 Å². The quantitative estimate of drug-likeness (QED) is 0.415. The third-order valence-electron chi connectivity index (χ3n) is 5.22. The average Bonchev–Trinajstić information content (AvgIpc) is 3.19. The van der Waals surface area contributed by atoms with Crippen molar-refractivity contribution in [3.8, 4) is 17.0 Å². The van der Waals surface area contributed by atoms with E-state index in [1.165, 1.54) is 21.4 Å². The lowest BCUT2D eigenvalue weighted by atomic mass is 10.0. The number of alkyl halides is 2. The summed E-state index contributed by atoms with van der Waals surface area (Å²) in [6.45, 7) is 15.1. The maximum Gasteiger partial charge on any atom is 0.410 e. The van der Waals surface area contributed by atoms with E-state index < -0.39 is 11.5 Å². The highest BCUT2D eigenvalue weighted by Gasteiger charge is 2.29. The van der Waals surface area contributed by atoms with Gasteiger partial charge in [0.15, 0.2) is 0 Å². The fourth-order valence-electron chi connectivity index (χ4n) is 3.74. The number of rotatable bonds is 5. The zero-order valence-electron chi connectivity index (χ0n) is 21.3. The fraction of sp³-hybridized carbons (Fsp3) is 0.600. The molecule has 0 bridgehead atoms. The van der Waals surface area contributed by atoms with Crippen LogP contribution in [-0.2, 0) is 4.74 Å². The summed E-state index contributed by atoms with van der Waals surface area (Å²) in [6, 6.07) is 8.71. The van der Waals surface area contributed by atoms with E-state index in [0.29, 0.717) is 13.1 Å². The van der Waals surface area contributed by atoms with Crippen molar-refractivity contribution >= 4 is 15.3 Å². The highest BCUT2D eigenvalue weighted by molar-refractivity contribution is 7.17. The Morgan fingerprint density at radius 3 is 2.15 bits per heavy atom. The Kier molecular flexibility index (Phi) is 9.46. The first-order valence-corrected chi connectivity index (χ1v) is 12.4. The van der Waals surface area contributed by atoms with E-state index >= 15 is 0 Å². The maximum absolute atomic E-state index is 13.0.